The summed E-state index contributed by atoms with van der Waals surface area (Å²) in [5.74, 6) is -0.219. The van der Waals surface area contributed by atoms with Crippen LogP contribution in [0.3, 0.4) is 0 Å². The van der Waals surface area contributed by atoms with E-state index in [-0.39, 0.29) is 5.84 Å². The summed E-state index contributed by atoms with van der Waals surface area (Å²) in [6, 6.07) is 4.93. The predicted molar refractivity (Wildman–Crippen MR) is 49.0 cm³/mol. The fraction of sp³-hybridized carbons (Fsp3) is 0.143. The van der Waals surface area contributed by atoms with Crippen molar-refractivity contribution in [2.24, 2.45) is 0 Å². The van der Waals surface area contributed by atoms with E-state index in [1.165, 1.54) is 6.20 Å². The molecule has 0 aromatic carbocycles. The van der Waals surface area contributed by atoms with E-state index < -0.39 is 10.0 Å². The highest BCUT2D eigenvalue weighted by atomic mass is 32.2. The Bertz CT molecular complexity index is 399. The average molecular weight is 199 g/mol. The molecule has 0 saturated heterocycles. The highest BCUT2D eigenvalue weighted by Crippen LogP contribution is 1.93. The molecule has 0 amide bonds. The van der Waals surface area contributed by atoms with E-state index in [2.05, 4.69) is 4.98 Å². The van der Waals surface area contributed by atoms with Crippen molar-refractivity contribution in [3.05, 3.63) is 30.1 Å². The van der Waals surface area contributed by atoms with E-state index >= 15 is 0 Å². The molecule has 2 N–H and O–H groups in total. The molecule has 1 heterocycles. The smallest absolute Gasteiger partial charge is 0.231 e. The molecule has 13 heavy (non-hydrogen) atoms. The van der Waals surface area contributed by atoms with Crippen LogP contribution in [0.5, 0.6) is 0 Å². The Morgan fingerprint density at radius 2 is 2.23 bits per heavy atom. The zero-order valence-corrected chi connectivity index (χ0v) is 7.80. The van der Waals surface area contributed by atoms with Gasteiger partial charge in [0.1, 0.15) is 5.69 Å². The third kappa shape index (κ3) is 3.20. The van der Waals surface area contributed by atoms with Gasteiger partial charge in [0.05, 0.1) is 6.26 Å². The standard InChI is InChI=1S/C7H9N3O2S/c1-13(11,12)10-7(8)6-4-2-3-5-9-6/h2-5H,1H3,(H2,8,10). The minimum absolute atomic E-state index is 0.219. The van der Waals surface area contributed by atoms with Gasteiger partial charge in [-0.3, -0.25) is 15.1 Å². The van der Waals surface area contributed by atoms with Gasteiger partial charge in [-0.1, -0.05) is 6.07 Å². The molecule has 0 bridgehead atoms. The third-order valence-electron chi connectivity index (χ3n) is 1.21. The Morgan fingerprint density at radius 1 is 1.54 bits per heavy atom. The van der Waals surface area contributed by atoms with Crippen LogP contribution in [0, 0.1) is 5.41 Å². The van der Waals surface area contributed by atoms with E-state index in [1.807, 2.05) is 4.72 Å². The van der Waals surface area contributed by atoms with Crippen LogP contribution >= 0.6 is 0 Å². The van der Waals surface area contributed by atoms with E-state index in [4.69, 9.17) is 5.41 Å². The minimum Gasteiger partial charge on any atom is -0.282 e. The van der Waals surface area contributed by atoms with Gasteiger partial charge in [0.15, 0.2) is 5.84 Å². The molecule has 0 aliphatic carbocycles. The van der Waals surface area contributed by atoms with E-state index in [9.17, 15) is 8.42 Å². The third-order valence-corrected chi connectivity index (χ3v) is 1.78. The lowest BCUT2D eigenvalue weighted by Crippen LogP contribution is -2.29. The SMILES string of the molecule is CS(=O)(=O)NC(=N)c1ccccn1. The molecule has 1 aromatic rings. The molecule has 70 valence electrons. The number of hydrogen-bond donors (Lipinski definition) is 2. The highest BCUT2D eigenvalue weighted by Gasteiger charge is 2.06. The first-order valence-corrected chi connectivity index (χ1v) is 5.36. The average Bonchev–Trinajstić information content (AvgIpc) is 2.03. The first-order chi connectivity index (χ1) is 5.99. The molecule has 1 rings (SSSR count). The Morgan fingerprint density at radius 3 is 2.69 bits per heavy atom. The fourth-order valence-corrected chi connectivity index (χ4v) is 1.22. The van der Waals surface area contributed by atoms with E-state index in [1.54, 1.807) is 18.2 Å². The fourth-order valence-electron chi connectivity index (χ4n) is 0.748. The summed E-state index contributed by atoms with van der Waals surface area (Å²) < 4.78 is 23.5. The summed E-state index contributed by atoms with van der Waals surface area (Å²) in [5, 5.41) is 7.33. The molecule has 1 aromatic heterocycles. The summed E-state index contributed by atoms with van der Waals surface area (Å²) >= 11 is 0. The van der Waals surface area contributed by atoms with Crippen LogP contribution in [0.2, 0.25) is 0 Å². The maximum Gasteiger partial charge on any atom is 0.231 e. The van der Waals surface area contributed by atoms with Crippen molar-refractivity contribution in [1.82, 2.24) is 9.71 Å². The quantitative estimate of drug-likeness (QED) is 0.517. The van der Waals surface area contributed by atoms with Crippen LogP contribution in [-0.2, 0) is 10.0 Å². The van der Waals surface area contributed by atoms with Crippen LogP contribution in [0.4, 0.5) is 0 Å². The second-order valence-corrected chi connectivity index (χ2v) is 4.21. The molecule has 0 radical (unpaired) electrons. The maximum absolute atomic E-state index is 10.7. The largest absolute Gasteiger partial charge is 0.282 e. The van der Waals surface area contributed by atoms with Crippen molar-refractivity contribution in [3.8, 4) is 0 Å². The Hall–Kier alpha value is -1.43. The Labute approximate surface area is 76.4 Å². The molecule has 0 saturated carbocycles. The molecule has 5 nitrogen and oxygen atoms in total. The van der Waals surface area contributed by atoms with E-state index in [0.29, 0.717) is 5.69 Å². The van der Waals surface area contributed by atoms with Gasteiger partial charge in [-0.05, 0) is 12.1 Å². The molecule has 0 unspecified atom stereocenters. The van der Waals surface area contributed by atoms with Crippen molar-refractivity contribution < 1.29 is 8.42 Å². The minimum atomic E-state index is -3.39. The van der Waals surface area contributed by atoms with Gasteiger partial charge in [-0.15, -0.1) is 0 Å². The van der Waals surface area contributed by atoms with Crippen molar-refractivity contribution >= 4 is 15.9 Å². The number of pyridine rings is 1. The molecular weight excluding hydrogens is 190 g/mol. The molecule has 6 heteroatoms. The van der Waals surface area contributed by atoms with Crippen LogP contribution < -0.4 is 4.72 Å². The molecule has 0 aliphatic rings. The van der Waals surface area contributed by atoms with Crippen molar-refractivity contribution in [2.75, 3.05) is 6.26 Å². The summed E-state index contributed by atoms with van der Waals surface area (Å²) in [6.45, 7) is 0. The van der Waals surface area contributed by atoms with Crippen LogP contribution in [-0.4, -0.2) is 25.5 Å². The number of nitrogens with zero attached hydrogens (tertiary/aromatic N) is 1. The lowest BCUT2D eigenvalue weighted by molar-refractivity contribution is 0.598. The van der Waals surface area contributed by atoms with Crippen molar-refractivity contribution in [2.45, 2.75) is 0 Å². The first-order valence-electron chi connectivity index (χ1n) is 3.47. The maximum atomic E-state index is 10.7. The van der Waals surface area contributed by atoms with Crippen LogP contribution in [0.25, 0.3) is 0 Å². The molecule has 0 aliphatic heterocycles. The van der Waals surface area contributed by atoms with Gasteiger partial charge in [-0.2, -0.15) is 0 Å². The Balaban J connectivity index is 2.82. The Kier molecular flexibility index (Phi) is 2.62. The summed E-state index contributed by atoms with van der Waals surface area (Å²) in [4.78, 5) is 3.81. The van der Waals surface area contributed by atoms with E-state index in [0.717, 1.165) is 6.26 Å². The van der Waals surface area contributed by atoms with Gasteiger partial charge in [0.2, 0.25) is 10.0 Å². The number of rotatable bonds is 2. The van der Waals surface area contributed by atoms with Gasteiger partial charge in [-0.25, -0.2) is 8.42 Å². The number of hydrogen-bond acceptors (Lipinski definition) is 4. The highest BCUT2D eigenvalue weighted by molar-refractivity contribution is 7.89. The molecule has 0 fully saturated rings. The van der Waals surface area contributed by atoms with Gasteiger partial charge in [0, 0.05) is 6.20 Å². The van der Waals surface area contributed by atoms with Gasteiger partial charge in [0.25, 0.3) is 0 Å². The lowest BCUT2D eigenvalue weighted by atomic mass is 10.3. The second-order valence-electron chi connectivity index (χ2n) is 2.46. The summed E-state index contributed by atoms with van der Waals surface area (Å²) in [5.41, 5.74) is 0.299. The molecule has 0 spiro atoms. The number of amidine groups is 1. The number of sulfonamides is 1. The normalized spacial score (nSPS) is 10.8. The summed E-state index contributed by atoms with van der Waals surface area (Å²) in [7, 11) is -3.39. The van der Waals surface area contributed by atoms with Crippen LogP contribution in [0.15, 0.2) is 24.4 Å². The van der Waals surface area contributed by atoms with Crippen LogP contribution in [0.1, 0.15) is 5.69 Å². The lowest BCUT2D eigenvalue weighted by Gasteiger charge is -2.03. The monoisotopic (exact) mass is 199 g/mol. The number of aromatic nitrogens is 1. The topological polar surface area (TPSA) is 82.9 Å². The number of nitrogens with one attached hydrogen (secondary N) is 2. The molecular formula is C7H9N3O2S. The zero-order chi connectivity index (χ0) is 9.90. The predicted octanol–water partition coefficient (Wildman–Crippen LogP) is -0.0438. The zero-order valence-electron chi connectivity index (χ0n) is 6.98. The van der Waals surface area contributed by atoms with Crippen molar-refractivity contribution in [3.63, 3.8) is 0 Å². The summed E-state index contributed by atoms with van der Waals surface area (Å²) in [6.07, 6.45) is 2.48. The second kappa shape index (κ2) is 3.53. The van der Waals surface area contributed by atoms with Gasteiger partial charge >= 0.3 is 0 Å². The molecule has 0 atom stereocenters. The van der Waals surface area contributed by atoms with Crippen molar-refractivity contribution in [1.29, 1.82) is 5.41 Å². The first kappa shape index (κ1) is 9.66. The van der Waals surface area contributed by atoms with Gasteiger partial charge < -0.3 is 0 Å².